The quantitative estimate of drug-likeness (QED) is 0.589. The molecule has 3 aliphatic rings. The Labute approximate surface area is 190 Å². The van der Waals surface area contributed by atoms with E-state index in [9.17, 15) is 14.7 Å². The van der Waals surface area contributed by atoms with Crippen LogP contribution in [-0.2, 0) is 20.9 Å². The minimum absolute atomic E-state index is 0.000954. The Balaban J connectivity index is 1.39. The number of dihydropyridines is 1. The van der Waals surface area contributed by atoms with Gasteiger partial charge in [0.1, 0.15) is 11.9 Å². The summed E-state index contributed by atoms with van der Waals surface area (Å²) in [6, 6.07) is 7.65. The van der Waals surface area contributed by atoms with Crippen LogP contribution in [0.3, 0.4) is 0 Å². The maximum absolute atomic E-state index is 12.4. The van der Waals surface area contributed by atoms with E-state index >= 15 is 0 Å². The third kappa shape index (κ3) is 4.45. The van der Waals surface area contributed by atoms with E-state index in [4.69, 9.17) is 9.47 Å². The predicted molar refractivity (Wildman–Crippen MR) is 122 cm³/mol. The molecule has 3 N–H and O–H groups in total. The molecule has 1 unspecified atom stereocenters. The van der Waals surface area contributed by atoms with Crippen LogP contribution >= 0.6 is 0 Å². The average Bonchev–Trinajstić information content (AvgIpc) is 3.42. The lowest BCUT2D eigenvalue weighted by Crippen LogP contribution is -2.42. The number of carbonyl (C=O) groups excluding carboxylic acids is 1. The summed E-state index contributed by atoms with van der Waals surface area (Å²) in [5.74, 6) is -0.308. The maximum Gasteiger partial charge on any atom is 0.305 e. The summed E-state index contributed by atoms with van der Waals surface area (Å²) < 4.78 is 13.1. The highest BCUT2D eigenvalue weighted by molar-refractivity contribution is 5.88. The molecule has 0 spiro atoms. The largest absolute Gasteiger partial charge is 0.484 e. The zero-order valence-corrected chi connectivity index (χ0v) is 18.1. The van der Waals surface area contributed by atoms with Crippen molar-refractivity contribution in [3.05, 3.63) is 60.0 Å². The molecule has 4 heterocycles. The first kappa shape index (κ1) is 21.1. The number of aromatic nitrogens is 1. The molecule has 3 aliphatic heterocycles. The van der Waals surface area contributed by atoms with Gasteiger partial charge in [0.2, 0.25) is 0 Å². The molecule has 1 amide bonds. The number of nitrogens with zero attached hydrogens (tertiary/aromatic N) is 2. The van der Waals surface area contributed by atoms with Gasteiger partial charge in [-0.25, -0.2) is 0 Å². The number of rotatable bonds is 7. The van der Waals surface area contributed by atoms with E-state index in [1.807, 2.05) is 47.2 Å². The number of hydrogen-bond acceptors (Lipinski definition) is 6. The number of carboxylic acids is 1. The average molecular weight is 450 g/mol. The number of nitrogens with one attached hydrogen (secondary N) is 2. The van der Waals surface area contributed by atoms with E-state index in [1.165, 1.54) is 0 Å². The van der Waals surface area contributed by atoms with Crippen LogP contribution in [0.1, 0.15) is 12.1 Å². The SMILES string of the molecule is O=C(O)CCn1c(C2=CC3=CC=CNC3N2)cc2cc(OCC(=O)N3CCOCC3)ccc21. The molecular formula is C24H26N4O5. The van der Waals surface area contributed by atoms with Gasteiger partial charge in [-0.1, -0.05) is 6.08 Å². The summed E-state index contributed by atoms with van der Waals surface area (Å²) in [6.45, 7) is 2.59. The van der Waals surface area contributed by atoms with Crippen LogP contribution in [0.25, 0.3) is 16.6 Å². The van der Waals surface area contributed by atoms with Gasteiger partial charge in [0.15, 0.2) is 6.61 Å². The second kappa shape index (κ2) is 9.03. The monoisotopic (exact) mass is 450 g/mol. The number of carboxylic acid groups (broad SMARTS) is 1. The molecular weight excluding hydrogens is 424 g/mol. The van der Waals surface area contributed by atoms with Crippen molar-refractivity contribution < 1.29 is 24.2 Å². The first-order valence-corrected chi connectivity index (χ1v) is 11.0. The molecule has 0 bridgehead atoms. The fourth-order valence-electron chi connectivity index (χ4n) is 4.33. The van der Waals surface area contributed by atoms with Gasteiger partial charge in [0.25, 0.3) is 5.91 Å². The molecule has 1 aromatic carbocycles. The minimum atomic E-state index is -0.847. The van der Waals surface area contributed by atoms with Crippen molar-refractivity contribution in [1.29, 1.82) is 0 Å². The maximum atomic E-state index is 12.4. The molecule has 1 saturated heterocycles. The summed E-state index contributed by atoms with van der Waals surface area (Å²) in [5.41, 5.74) is 3.86. The number of amides is 1. The molecule has 0 saturated carbocycles. The highest BCUT2D eigenvalue weighted by Crippen LogP contribution is 2.31. The lowest BCUT2D eigenvalue weighted by molar-refractivity contribution is -0.138. The van der Waals surface area contributed by atoms with Crippen molar-refractivity contribution in [2.24, 2.45) is 0 Å². The molecule has 1 fully saturated rings. The molecule has 2 aromatic rings. The summed E-state index contributed by atoms with van der Waals surface area (Å²) in [7, 11) is 0. The van der Waals surface area contributed by atoms with E-state index in [2.05, 4.69) is 16.7 Å². The van der Waals surface area contributed by atoms with Crippen LogP contribution in [-0.4, -0.2) is 65.5 Å². The summed E-state index contributed by atoms with van der Waals surface area (Å²) >= 11 is 0. The highest BCUT2D eigenvalue weighted by atomic mass is 16.5. The van der Waals surface area contributed by atoms with Gasteiger partial charge in [0.05, 0.1) is 31.0 Å². The smallest absolute Gasteiger partial charge is 0.305 e. The first-order chi connectivity index (χ1) is 16.1. The molecule has 9 heteroatoms. The number of allylic oxidation sites excluding steroid dienone is 2. The normalized spacial score (nSPS) is 19.4. The van der Waals surface area contributed by atoms with E-state index in [1.54, 1.807) is 4.90 Å². The Kier molecular flexibility index (Phi) is 5.78. The van der Waals surface area contributed by atoms with Gasteiger partial charge in [-0.05, 0) is 48.2 Å². The van der Waals surface area contributed by atoms with Crippen LogP contribution < -0.4 is 15.4 Å². The van der Waals surface area contributed by atoms with Crippen molar-refractivity contribution in [1.82, 2.24) is 20.1 Å². The van der Waals surface area contributed by atoms with E-state index < -0.39 is 5.97 Å². The van der Waals surface area contributed by atoms with Crippen LogP contribution in [0, 0.1) is 0 Å². The highest BCUT2D eigenvalue weighted by Gasteiger charge is 2.25. The number of aliphatic carboxylic acids is 1. The fourth-order valence-corrected chi connectivity index (χ4v) is 4.33. The van der Waals surface area contributed by atoms with Crippen molar-refractivity contribution in [2.45, 2.75) is 19.1 Å². The van der Waals surface area contributed by atoms with Gasteiger partial charge >= 0.3 is 5.97 Å². The molecule has 1 aromatic heterocycles. The molecule has 33 heavy (non-hydrogen) atoms. The molecule has 9 nitrogen and oxygen atoms in total. The zero-order valence-electron chi connectivity index (χ0n) is 18.1. The van der Waals surface area contributed by atoms with Crippen LogP contribution in [0.15, 0.2) is 54.3 Å². The van der Waals surface area contributed by atoms with Gasteiger partial charge in [-0.2, -0.15) is 0 Å². The number of fused-ring (bicyclic) bond motifs is 2. The molecule has 5 rings (SSSR count). The standard InChI is InChI=1S/C24H26N4O5/c29-22(27-8-10-32-11-9-27)15-33-18-3-4-20-17(12-18)14-21(28(20)7-5-23(30)31)19-13-16-2-1-6-25-24(16)26-19/h1-4,6,12-14,24-26H,5,7-11,15H2,(H,30,31). The Bertz CT molecular complexity index is 1170. The Hall–Kier alpha value is -3.72. The second-order valence-corrected chi connectivity index (χ2v) is 8.16. The van der Waals surface area contributed by atoms with Gasteiger partial charge < -0.3 is 34.7 Å². The molecule has 172 valence electrons. The van der Waals surface area contributed by atoms with E-state index in [0.717, 1.165) is 27.9 Å². The zero-order chi connectivity index (χ0) is 22.8. The lowest BCUT2D eigenvalue weighted by Gasteiger charge is -2.26. The topological polar surface area (TPSA) is 105 Å². The molecule has 0 radical (unpaired) electrons. The summed E-state index contributed by atoms with van der Waals surface area (Å²) in [4.78, 5) is 25.4. The fraction of sp³-hybridized carbons (Fsp3) is 0.333. The summed E-state index contributed by atoms with van der Waals surface area (Å²) in [6.07, 6.45) is 7.98. The van der Waals surface area contributed by atoms with Crippen LogP contribution in [0.5, 0.6) is 5.75 Å². The Morgan fingerprint density at radius 2 is 2.06 bits per heavy atom. The second-order valence-electron chi connectivity index (χ2n) is 8.16. The number of morpholine rings is 1. The van der Waals surface area contributed by atoms with Crippen molar-refractivity contribution in [3.8, 4) is 5.75 Å². The van der Waals surface area contributed by atoms with E-state index in [-0.39, 0.29) is 25.1 Å². The first-order valence-electron chi connectivity index (χ1n) is 11.0. The number of aryl methyl sites for hydroxylation is 1. The molecule has 1 atom stereocenters. The third-order valence-electron chi connectivity index (χ3n) is 6.02. The minimum Gasteiger partial charge on any atom is -0.484 e. The third-order valence-corrected chi connectivity index (χ3v) is 6.02. The Morgan fingerprint density at radius 1 is 1.21 bits per heavy atom. The van der Waals surface area contributed by atoms with Crippen molar-refractivity contribution >= 4 is 28.5 Å². The van der Waals surface area contributed by atoms with Gasteiger partial charge in [-0.3, -0.25) is 9.59 Å². The number of ether oxygens (including phenoxy) is 2. The number of hydrogen-bond donors (Lipinski definition) is 3. The van der Waals surface area contributed by atoms with Crippen molar-refractivity contribution in [3.63, 3.8) is 0 Å². The van der Waals surface area contributed by atoms with Crippen LogP contribution in [0.4, 0.5) is 0 Å². The number of carbonyl (C=O) groups is 2. The molecule has 0 aliphatic carbocycles. The number of benzene rings is 1. The van der Waals surface area contributed by atoms with Gasteiger partial charge in [-0.15, -0.1) is 0 Å². The van der Waals surface area contributed by atoms with Crippen molar-refractivity contribution in [2.75, 3.05) is 32.9 Å². The summed E-state index contributed by atoms with van der Waals surface area (Å²) in [5, 5.41) is 16.9. The van der Waals surface area contributed by atoms with Crippen LogP contribution in [0.2, 0.25) is 0 Å². The van der Waals surface area contributed by atoms with E-state index in [0.29, 0.717) is 38.6 Å². The van der Waals surface area contributed by atoms with Gasteiger partial charge in [0, 0.05) is 30.5 Å². The predicted octanol–water partition coefficient (Wildman–Crippen LogP) is 1.67. The Morgan fingerprint density at radius 3 is 2.85 bits per heavy atom. The lowest BCUT2D eigenvalue weighted by atomic mass is 10.1.